The SMILES string of the molecule is CC[O-].CC[O-].CC[O-].[In+3]. The van der Waals surface area contributed by atoms with Crippen LogP contribution in [0.5, 0.6) is 0 Å². The standard InChI is InChI=1S/3C2H5O.In/c3*1-2-3;/h3*2H2,1H3;/q3*-1;+3. The van der Waals surface area contributed by atoms with Crippen molar-refractivity contribution in [3.8, 4) is 0 Å². The van der Waals surface area contributed by atoms with Gasteiger partial charge in [0.25, 0.3) is 0 Å². The molecule has 0 saturated carbocycles. The Kier molecular flexibility index (Phi) is 119. The minimum absolute atomic E-state index is 0. The van der Waals surface area contributed by atoms with Crippen LogP contribution in [0.2, 0.25) is 0 Å². The first-order valence-electron chi connectivity index (χ1n) is 2.99. The van der Waals surface area contributed by atoms with Crippen molar-refractivity contribution in [2.45, 2.75) is 20.8 Å². The minimum atomic E-state index is 0. The predicted octanol–water partition coefficient (Wildman–Crippen LogP) is -2.28. The molecule has 0 aromatic rings. The third-order valence-electron chi connectivity index (χ3n) is 0. The van der Waals surface area contributed by atoms with E-state index in [4.69, 9.17) is 15.3 Å². The van der Waals surface area contributed by atoms with Crippen molar-refractivity contribution in [2.75, 3.05) is 19.8 Å². The Hall–Kier alpha value is 0.750. The van der Waals surface area contributed by atoms with E-state index < -0.39 is 0 Å². The van der Waals surface area contributed by atoms with Gasteiger partial charge < -0.3 is 15.3 Å². The van der Waals surface area contributed by atoms with Crippen LogP contribution in [-0.4, -0.2) is 45.7 Å². The van der Waals surface area contributed by atoms with Crippen molar-refractivity contribution in [2.24, 2.45) is 0 Å². The molecular formula is C6H15InO3. The maximum absolute atomic E-state index is 8.93. The molecular weight excluding hydrogens is 235 g/mol. The maximum atomic E-state index is 8.93. The molecule has 0 aliphatic heterocycles. The maximum Gasteiger partial charge on any atom is 3.00 e. The van der Waals surface area contributed by atoms with Crippen molar-refractivity contribution in [3.63, 3.8) is 0 Å². The van der Waals surface area contributed by atoms with Gasteiger partial charge in [0.1, 0.15) is 0 Å². The number of hydrogen-bond acceptors (Lipinski definition) is 3. The van der Waals surface area contributed by atoms with E-state index in [-0.39, 0.29) is 45.7 Å². The average Bonchev–Trinajstić information content (AvgIpc) is 1.70. The van der Waals surface area contributed by atoms with Gasteiger partial charge in [-0.15, -0.1) is 19.8 Å². The summed E-state index contributed by atoms with van der Waals surface area (Å²) in [5, 5.41) is 26.8. The minimum Gasteiger partial charge on any atom is -0.855 e. The summed E-state index contributed by atoms with van der Waals surface area (Å²) in [7, 11) is 0. The summed E-state index contributed by atoms with van der Waals surface area (Å²) in [6.45, 7) is 4.71. The normalized spacial score (nSPS) is 5.40. The molecule has 4 heteroatoms. The van der Waals surface area contributed by atoms with E-state index in [1.54, 1.807) is 20.8 Å². The Bertz CT molecular complexity index is 17.7. The Morgan fingerprint density at radius 3 is 0.700 bits per heavy atom. The molecule has 0 aliphatic rings. The van der Waals surface area contributed by atoms with Gasteiger partial charge in [0.05, 0.1) is 0 Å². The topological polar surface area (TPSA) is 69.2 Å². The molecule has 0 radical (unpaired) electrons. The molecule has 3 nitrogen and oxygen atoms in total. The third-order valence-corrected chi connectivity index (χ3v) is 0. The molecule has 0 aliphatic carbocycles. The van der Waals surface area contributed by atoms with Gasteiger partial charge in [0.15, 0.2) is 0 Å². The van der Waals surface area contributed by atoms with Crippen LogP contribution in [0.1, 0.15) is 20.8 Å². The van der Waals surface area contributed by atoms with Crippen molar-refractivity contribution in [3.05, 3.63) is 0 Å². The van der Waals surface area contributed by atoms with Crippen LogP contribution in [0.4, 0.5) is 0 Å². The first-order chi connectivity index (χ1) is 4.24. The zero-order chi connectivity index (χ0) is 8.12. The van der Waals surface area contributed by atoms with Crippen LogP contribution in [0, 0.1) is 0 Å². The Labute approximate surface area is 81.9 Å². The first kappa shape index (κ1) is 22.4. The smallest absolute Gasteiger partial charge is 0.855 e. The molecule has 0 N–H and O–H groups in total. The number of rotatable bonds is 0. The molecule has 0 aromatic heterocycles. The summed E-state index contributed by atoms with van der Waals surface area (Å²) in [5.41, 5.74) is 0. The molecule has 0 heterocycles. The fourth-order valence-electron chi connectivity index (χ4n) is 0. The monoisotopic (exact) mass is 250 g/mol. The first-order valence-corrected chi connectivity index (χ1v) is 2.99. The summed E-state index contributed by atoms with van der Waals surface area (Å²) in [4.78, 5) is 0. The van der Waals surface area contributed by atoms with Gasteiger partial charge >= 0.3 is 25.8 Å². The van der Waals surface area contributed by atoms with Crippen LogP contribution in [0.25, 0.3) is 0 Å². The van der Waals surface area contributed by atoms with E-state index in [2.05, 4.69) is 0 Å². The average molecular weight is 250 g/mol. The summed E-state index contributed by atoms with van der Waals surface area (Å²) < 4.78 is 0. The Morgan fingerprint density at radius 2 is 0.700 bits per heavy atom. The molecule has 60 valence electrons. The van der Waals surface area contributed by atoms with Gasteiger partial charge in [-0.2, -0.15) is 0 Å². The molecule has 0 amide bonds. The fraction of sp³-hybridized carbons (Fsp3) is 1.00. The molecule has 0 saturated heterocycles. The van der Waals surface area contributed by atoms with Crippen LogP contribution in [-0.2, 0) is 0 Å². The Balaban J connectivity index is -0.0000000257. The van der Waals surface area contributed by atoms with E-state index in [0.29, 0.717) is 0 Å². The molecule has 0 aromatic carbocycles. The molecule has 0 spiro atoms. The summed E-state index contributed by atoms with van der Waals surface area (Å²) >= 11 is 0. The second kappa shape index (κ2) is 53.1. The van der Waals surface area contributed by atoms with E-state index in [0.717, 1.165) is 0 Å². The van der Waals surface area contributed by atoms with Gasteiger partial charge in [0, 0.05) is 0 Å². The van der Waals surface area contributed by atoms with E-state index >= 15 is 0 Å². The van der Waals surface area contributed by atoms with Crippen LogP contribution in [0.3, 0.4) is 0 Å². The van der Waals surface area contributed by atoms with Crippen LogP contribution in [0.15, 0.2) is 0 Å². The zero-order valence-corrected chi connectivity index (χ0v) is 10.2. The molecule has 0 unspecified atom stereocenters. The van der Waals surface area contributed by atoms with Crippen molar-refractivity contribution >= 4 is 25.8 Å². The quantitative estimate of drug-likeness (QED) is 0.486. The predicted molar refractivity (Wildman–Crippen MR) is 37.4 cm³/mol. The summed E-state index contributed by atoms with van der Waals surface area (Å²) in [5.74, 6) is 0. The molecule has 0 rings (SSSR count). The van der Waals surface area contributed by atoms with E-state index in [9.17, 15) is 0 Å². The van der Waals surface area contributed by atoms with Crippen molar-refractivity contribution < 1.29 is 15.3 Å². The summed E-state index contributed by atoms with van der Waals surface area (Å²) in [6, 6.07) is 0. The molecule has 0 fully saturated rings. The van der Waals surface area contributed by atoms with Gasteiger partial charge in [-0.1, -0.05) is 20.8 Å². The third kappa shape index (κ3) is 934. The fourth-order valence-corrected chi connectivity index (χ4v) is 0. The number of hydrogen-bond donors (Lipinski definition) is 0. The summed E-state index contributed by atoms with van der Waals surface area (Å²) in [6.07, 6.45) is 0. The largest absolute Gasteiger partial charge is 3.00 e. The van der Waals surface area contributed by atoms with E-state index in [1.807, 2.05) is 0 Å². The van der Waals surface area contributed by atoms with Gasteiger partial charge in [0.2, 0.25) is 0 Å². The van der Waals surface area contributed by atoms with Crippen LogP contribution < -0.4 is 15.3 Å². The van der Waals surface area contributed by atoms with Crippen molar-refractivity contribution in [1.29, 1.82) is 0 Å². The Morgan fingerprint density at radius 1 is 0.700 bits per heavy atom. The van der Waals surface area contributed by atoms with Gasteiger partial charge in [-0.25, -0.2) is 0 Å². The molecule has 0 bridgehead atoms. The van der Waals surface area contributed by atoms with Crippen molar-refractivity contribution in [1.82, 2.24) is 0 Å². The van der Waals surface area contributed by atoms with Crippen LogP contribution >= 0.6 is 0 Å². The zero-order valence-electron chi connectivity index (χ0n) is 6.92. The van der Waals surface area contributed by atoms with Gasteiger partial charge in [-0.3, -0.25) is 0 Å². The second-order valence-electron chi connectivity index (χ2n) is 0.866. The van der Waals surface area contributed by atoms with E-state index in [1.165, 1.54) is 0 Å². The molecule has 10 heavy (non-hydrogen) atoms. The second-order valence-corrected chi connectivity index (χ2v) is 0.866. The van der Waals surface area contributed by atoms with Gasteiger partial charge in [-0.05, 0) is 0 Å². The molecule has 0 atom stereocenters.